The van der Waals surface area contributed by atoms with Gasteiger partial charge in [-0.15, -0.1) is 11.3 Å². The summed E-state index contributed by atoms with van der Waals surface area (Å²) in [4.78, 5) is 8.51. The third-order valence-electron chi connectivity index (χ3n) is 4.00. The maximum Gasteiger partial charge on any atom is 0.0813 e. The first-order chi connectivity index (χ1) is 9.88. The zero-order valence-electron chi connectivity index (χ0n) is 11.0. The first-order valence-corrected chi connectivity index (χ1v) is 7.76. The molecule has 1 aliphatic carbocycles. The van der Waals surface area contributed by atoms with Gasteiger partial charge in [-0.1, -0.05) is 6.07 Å². The highest BCUT2D eigenvalue weighted by atomic mass is 32.1. The highest BCUT2D eigenvalue weighted by molar-refractivity contribution is 7.16. The molecule has 3 nitrogen and oxygen atoms in total. The van der Waals surface area contributed by atoms with Gasteiger partial charge in [0.05, 0.1) is 15.7 Å². The molecule has 20 heavy (non-hydrogen) atoms. The SMILES string of the molecule is c1cncc(C2CC(Nc3ccc4ncsc4c3)C2)c1. The Morgan fingerprint density at radius 1 is 1.20 bits per heavy atom. The molecule has 0 unspecified atom stereocenters. The normalized spacial score (nSPS) is 21.6. The van der Waals surface area contributed by atoms with Gasteiger partial charge in [0.15, 0.2) is 0 Å². The molecule has 0 spiro atoms. The summed E-state index contributed by atoms with van der Waals surface area (Å²) in [5.41, 5.74) is 5.55. The number of anilines is 1. The van der Waals surface area contributed by atoms with E-state index in [2.05, 4.69) is 39.6 Å². The first-order valence-electron chi connectivity index (χ1n) is 6.88. The van der Waals surface area contributed by atoms with Crippen LogP contribution in [0, 0.1) is 0 Å². The van der Waals surface area contributed by atoms with Gasteiger partial charge in [0.25, 0.3) is 0 Å². The molecular formula is C16H15N3S. The third kappa shape index (κ3) is 2.16. The van der Waals surface area contributed by atoms with Crippen LogP contribution in [0.1, 0.15) is 24.3 Å². The molecule has 1 N–H and O–H groups in total. The van der Waals surface area contributed by atoms with E-state index in [0.29, 0.717) is 12.0 Å². The van der Waals surface area contributed by atoms with Gasteiger partial charge in [0, 0.05) is 24.1 Å². The molecule has 0 aliphatic heterocycles. The minimum atomic E-state index is 0.575. The highest BCUT2D eigenvalue weighted by Crippen LogP contribution is 2.38. The Bertz CT molecular complexity index is 717. The Balaban J connectivity index is 1.41. The van der Waals surface area contributed by atoms with Crippen LogP contribution < -0.4 is 5.32 Å². The maximum atomic E-state index is 4.31. The van der Waals surface area contributed by atoms with Crippen LogP contribution >= 0.6 is 11.3 Å². The summed E-state index contributed by atoms with van der Waals surface area (Å²) in [6, 6.07) is 11.2. The molecule has 0 saturated heterocycles. The number of rotatable bonds is 3. The second-order valence-corrected chi connectivity index (χ2v) is 6.22. The van der Waals surface area contributed by atoms with Gasteiger partial charge < -0.3 is 5.32 Å². The molecule has 1 saturated carbocycles. The molecule has 0 bridgehead atoms. The molecule has 100 valence electrons. The van der Waals surface area contributed by atoms with Crippen molar-refractivity contribution in [2.24, 2.45) is 0 Å². The minimum Gasteiger partial charge on any atom is -0.382 e. The molecule has 2 aromatic heterocycles. The highest BCUT2D eigenvalue weighted by Gasteiger charge is 2.30. The van der Waals surface area contributed by atoms with Crippen molar-refractivity contribution in [3.63, 3.8) is 0 Å². The molecule has 4 heteroatoms. The number of nitrogens with one attached hydrogen (secondary N) is 1. The topological polar surface area (TPSA) is 37.8 Å². The summed E-state index contributed by atoms with van der Waals surface area (Å²) >= 11 is 1.69. The van der Waals surface area contributed by atoms with Gasteiger partial charge in [0.2, 0.25) is 0 Å². The number of hydrogen-bond acceptors (Lipinski definition) is 4. The standard InChI is InChI=1S/C16H15N3S/c1-2-11(9-17-5-1)12-6-14(7-12)19-13-3-4-15-16(8-13)20-10-18-15/h1-5,8-10,12,14,19H,6-7H2. The summed E-state index contributed by atoms with van der Waals surface area (Å²) in [5.74, 6) is 0.660. The van der Waals surface area contributed by atoms with Gasteiger partial charge >= 0.3 is 0 Å². The van der Waals surface area contributed by atoms with Gasteiger partial charge in [-0.05, 0) is 48.6 Å². The van der Waals surface area contributed by atoms with E-state index >= 15 is 0 Å². The number of nitrogens with zero attached hydrogens (tertiary/aromatic N) is 2. The number of hydrogen-bond donors (Lipinski definition) is 1. The molecule has 2 heterocycles. The minimum absolute atomic E-state index is 0.575. The fourth-order valence-corrected chi connectivity index (χ4v) is 3.52. The Morgan fingerprint density at radius 3 is 3.00 bits per heavy atom. The van der Waals surface area contributed by atoms with E-state index in [4.69, 9.17) is 0 Å². The van der Waals surface area contributed by atoms with Gasteiger partial charge in [-0.3, -0.25) is 4.98 Å². The molecule has 1 aromatic carbocycles. The summed E-state index contributed by atoms with van der Waals surface area (Å²) < 4.78 is 1.25. The van der Waals surface area contributed by atoms with Crippen LogP contribution in [0.25, 0.3) is 10.2 Å². The average Bonchev–Trinajstić information content (AvgIpc) is 2.91. The number of fused-ring (bicyclic) bond motifs is 1. The lowest BCUT2D eigenvalue weighted by molar-refractivity contribution is 0.373. The van der Waals surface area contributed by atoms with E-state index < -0.39 is 0 Å². The van der Waals surface area contributed by atoms with E-state index in [0.717, 1.165) is 5.52 Å². The fraction of sp³-hybridized carbons (Fsp3) is 0.250. The summed E-state index contributed by atoms with van der Waals surface area (Å²) in [6.45, 7) is 0. The van der Waals surface area contributed by atoms with E-state index in [1.165, 1.54) is 28.8 Å². The Morgan fingerprint density at radius 2 is 2.15 bits per heavy atom. The van der Waals surface area contributed by atoms with E-state index in [9.17, 15) is 0 Å². The molecule has 1 aliphatic rings. The average molecular weight is 281 g/mol. The number of benzene rings is 1. The van der Waals surface area contributed by atoms with Gasteiger partial charge in [-0.25, -0.2) is 4.98 Å². The predicted molar refractivity (Wildman–Crippen MR) is 83.2 cm³/mol. The molecule has 0 amide bonds. The molecule has 3 aromatic rings. The molecular weight excluding hydrogens is 266 g/mol. The van der Waals surface area contributed by atoms with Crippen LogP contribution in [0.5, 0.6) is 0 Å². The monoisotopic (exact) mass is 281 g/mol. The van der Waals surface area contributed by atoms with Crippen LogP contribution in [0.3, 0.4) is 0 Å². The van der Waals surface area contributed by atoms with Crippen molar-refractivity contribution in [3.8, 4) is 0 Å². The number of aromatic nitrogens is 2. The Kier molecular flexibility index (Phi) is 2.89. The summed E-state index contributed by atoms with van der Waals surface area (Å²) in [5, 5.41) is 3.62. The van der Waals surface area contributed by atoms with Crippen molar-refractivity contribution in [1.82, 2.24) is 9.97 Å². The predicted octanol–water partition coefficient (Wildman–Crippen LogP) is 4.05. The molecule has 0 atom stereocenters. The van der Waals surface area contributed by atoms with Crippen LogP contribution in [0.15, 0.2) is 48.2 Å². The van der Waals surface area contributed by atoms with E-state index in [-0.39, 0.29) is 0 Å². The van der Waals surface area contributed by atoms with Crippen molar-refractivity contribution in [3.05, 3.63) is 53.8 Å². The van der Waals surface area contributed by atoms with Crippen molar-refractivity contribution in [2.45, 2.75) is 24.8 Å². The zero-order valence-corrected chi connectivity index (χ0v) is 11.8. The van der Waals surface area contributed by atoms with Crippen LogP contribution in [0.2, 0.25) is 0 Å². The zero-order chi connectivity index (χ0) is 13.4. The first kappa shape index (κ1) is 11.9. The lowest BCUT2D eigenvalue weighted by atomic mass is 9.76. The fourth-order valence-electron chi connectivity index (χ4n) is 2.81. The smallest absolute Gasteiger partial charge is 0.0813 e. The quantitative estimate of drug-likeness (QED) is 0.787. The van der Waals surface area contributed by atoms with E-state index in [1.54, 1.807) is 11.3 Å². The molecule has 4 rings (SSSR count). The van der Waals surface area contributed by atoms with Crippen LogP contribution in [0.4, 0.5) is 5.69 Å². The van der Waals surface area contributed by atoms with Crippen molar-refractivity contribution in [2.75, 3.05) is 5.32 Å². The number of pyridine rings is 1. The lowest BCUT2D eigenvalue weighted by Gasteiger charge is -2.36. The van der Waals surface area contributed by atoms with Crippen molar-refractivity contribution in [1.29, 1.82) is 0 Å². The maximum absolute atomic E-state index is 4.31. The lowest BCUT2D eigenvalue weighted by Crippen LogP contribution is -2.33. The Hall–Kier alpha value is -1.94. The van der Waals surface area contributed by atoms with Crippen molar-refractivity contribution < 1.29 is 0 Å². The second-order valence-electron chi connectivity index (χ2n) is 5.33. The van der Waals surface area contributed by atoms with Gasteiger partial charge in [-0.2, -0.15) is 0 Å². The van der Waals surface area contributed by atoms with Crippen molar-refractivity contribution >= 4 is 27.2 Å². The number of thiazole rings is 1. The summed E-state index contributed by atoms with van der Waals surface area (Å²) in [7, 11) is 0. The van der Waals surface area contributed by atoms with Gasteiger partial charge in [0.1, 0.15) is 0 Å². The molecule has 0 radical (unpaired) electrons. The second kappa shape index (κ2) is 4.87. The molecule has 1 fully saturated rings. The largest absolute Gasteiger partial charge is 0.382 e. The van der Waals surface area contributed by atoms with E-state index in [1.807, 2.05) is 24.0 Å². The summed E-state index contributed by atoms with van der Waals surface area (Å²) in [6.07, 6.45) is 6.20. The Labute approximate surface area is 121 Å². The third-order valence-corrected chi connectivity index (χ3v) is 4.79. The van der Waals surface area contributed by atoms with Crippen LogP contribution in [-0.4, -0.2) is 16.0 Å². The van der Waals surface area contributed by atoms with Crippen LogP contribution in [-0.2, 0) is 0 Å².